The van der Waals surface area contributed by atoms with E-state index in [-0.39, 0.29) is 25.6 Å². The van der Waals surface area contributed by atoms with Crippen LogP contribution in [0.1, 0.15) is 30.6 Å². The molecule has 1 unspecified atom stereocenters. The number of furan rings is 1. The van der Waals surface area contributed by atoms with E-state index in [1.54, 1.807) is 18.6 Å². The predicted molar refractivity (Wildman–Crippen MR) is 78.1 cm³/mol. The number of hydrogen-bond acceptors (Lipinski definition) is 2. The first-order valence-corrected chi connectivity index (χ1v) is 8.29. The van der Waals surface area contributed by atoms with Crippen LogP contribution in [0.3, 0.4) is 0 Å². The molecule has 2 rings (SSSR count). The third-order valence-corrected chi connectivity index (χ3v) is 5.40. The van der Waals surface area contributed by atoms with Gasteiger partial charge in [-0.05, 0) is 0 Å². The van der Waals surface area contributed by atoms with E-state index in [9.17, 15) is 4.79 Å². The van der Waals surface area contributed by atoms with Crippen LogP contribution in [0.4, 0.5) is 0 Å². The molecular weight excluding hydrogens is 303 g/mol. The fourth-order valence-corrected chi connectivity index (χ4v) is 4.76. The van der Waals surface area contributed by atoms with Gasteiger partial charge in [-0.25, -0.2) is 0 Å². The van der Waals surface area contributed by atoms with Gasteiger partial charge in [0.1, 0.15) is 0 Å². The topological polar surface area (TPSA) is 30.2 Å². The maximum absolute atomic E-state index is 12.5. The molecular formula is C16H18O2Se. The average molecular weight is 321 g/mol. The van der Waals surface area contributed by atoms with Crippen molar-refractivity contribution in [2.24, 2.45) is 5.92 Å². The van der Waals surface area contributed by atoms with Gasteiger partial charge >= 0.3 is 120 Å². The Labute approximate surface area is 120 Å². The number of rotatable bonds is 6. The van der Waals surface area contributed by atoms with Gasteiger partial charge in [0.2, 0.25) is 0 Å². The van der Waals surface area contributed by atoms with E-state index in [0.29, 0.717) is 11.5 Å². The van der Waals surface area contributed by atoms with Gasteiger partial charge in [-0.3, -0.25) is 0 Å². The molecule has 0 saturated carbocycles. The van der Waals surface area contributed by atoms with Crippen molar-refractivity contribution in [3.8, 4) is 0 Å². The Morgan fingerprint density at radius 1 is 1.21 bits per heavy atom. The molecule has 0 fully saturated rings. The van der Waals surface area contributed by atoms with Crippen molar-refractivity contribution >= 4 is 25.2 Å². The SMILES string of the molecule is CC(C)CC([Se]c1ccccc1)C(=O)c1ccoc1. The van der Waals surface area contributed by atoms with Crippen LogP contribution in [0.25, 0.3) is 0 Å². The number of carbonyl (C=O) groups excluding carboxylic acids is 1. The molecule has 2 nitrogen and oxygen atoms in total. The Hall–Kier alpha value is -1.31. The number of benzene rings is 1. The van der Waals surface area contributed by atoms with Crippen LogP contribution in [0.5, 0.6) is 0 Å². The minimum absolute atomic E-state index is 0.0903. The Balaban J connectivity index is 2.14. The first-order valence-electron chi connectivity index (χ1n) is 6.45. The molecule has 1 aromatic heterocycles. The number of ketones is 1. The molecule has 0 aliphatic heterocycles. The number of carbonyl (C=O) groups is 1. The summed E-state index contributed by atoms with van der Waals surface area (Å²) in [4.78, 5) is 12.6. The summed E-state index contributed by atoms with van der Waals surface area (Å²) in [6, 6.07) is 12.1. The van der Waals surface area contributed by atoms with E-state index in [0.717, 1.165) is 6.42 Å². The van der Waals surface area contributed by atoms with E-state index < -0.39 is 0 Å². The van der Waals surface area contributed by atoms with E-state index in [1.165, 1.54) is 4.46 Å². The van der Waals surface area contributed by atoms with Gasteiger partial charge in [-0.15, -0.1) is 0 Å². The Bertz CT molecular complexity index is 503. The first kappa shape index (κ1) is 14.1. The molecule has 0 radical (unpaired) electrons. The summed E-state index contributed by atoms with van der Waals surface area (Å²) in [5, 5.41) is 0. The second kappa shape index (κ2) is 6.74. The molecule has 1 atom stereocenters. The molecule has 0 saturated heterocycles. The zero-order valence-corrected chi connectivity index (χ0v) is 12.9. The van der Waals surface area contributed by atoms with Crippen LogP contribution in [-0.2, 0) is 0 Å². The maximum atomic E-state index is 12.5. The van der Waals surface area contributed by atoms with Crippen LogP contribution in [-0.4, -0.2) is 20.7 Å². The second-order valence-corrected chi connectivity index (χ2v) is 7.60. The van der Waals surface area contributed by atoms with Gasteiger partial charge in [-0.1, -0.05) is 0 Å². The molecule has 1 aromatic carbocycles. The standard InChI is InChI=1S/C16H18O2Se/c1-12(2)10-15(16(17)13-8-9-18-11-13)19-14-6-4-3-5-7-14/h3-9,11-12,15H,10H2,1-2H3. The molecule has 0 amide bonds. The van der Waals surface area contributed by atoms with Crippen molar-refractivity contribution in [3.63, 3.8) is 0 Å². The minimum atomic E-state index is 0.0903. The van der Waals surface area contributed by atoms with E-state index in [4.69, 9.17) is 4.42 Å². The Morgan fingerprint density at radius 2 is 1.95 bits per heavy atom. The van der Waals surface area contributed by atoms with Gasteiger partial charge in [0.05, 0.1) is 0 Å². The monoisotopic (exact) mass is 322 g/mol. The van der Waals surface area contributed by atoms with Crippen LogP contribution in [0, 0.1) is 5.92 Å². The summed E-state index contributed by atoms with van der Waals surface area (Å²) < 4.78 is 6.30. The van der Waals surface area contributed by atoms with E-state index in [1.807, 2.05) is 18.2 Å². The third-order valence-electron chi connectivity index (χ3n) is 2.81. The summed E-state index contributed by atoms with van der Waals surface area (Å²) in [5.41, 5.74) is 0.698. The van der Waals surface area contributed by atoms with Crippen LogP contribution < -0.4 is 4.46 Å². The number of Topliss-reactive ketones (excluding diaryl/α,β-unsaturated/α-hetero) is 1. The fourth-order valence-electron chi connectivity index (χ4n) is 1.89. The molecule has 0 N–H and O–H groups in total. The van der Waals surface area contributed by atoms with Gasteiger partial charge in [0.15, 0.2) is 0 Å². The van der Waals surface area contributed by atoms with Crippen LogP contribution in [0.15, 0.2) is 53.3 Å². The third kappa shape index (κ3) is 4.09. The Morgan fingerprint density at radius 3 is 2.53 bits per heavy atom. The molecule has 1 heterocycles. The van der Waals surface area contributed by atoms with E-state index in [2.05, 4.69) is 26.0 Å². The molecule has 0 aliphatic rings. The van der Waals surface area contributed by atoms with Crippen LogP contribution in [0.2, 0.25) is 4.82 Å². The zero-order chi connectivity index (χ0) is 13.7. The molecule has 100 valence electrons. The molecule has 0 aliphatic carbocycles. The van der Waals surface area contributed by atoms with Gasteiger partial charge in [-0.2, -0.15) is 0 Å². The van der Waals surface area contributed by atoms with Crippen molar-refractivity contribution in [1.29, 1.82) is 0 Å². The summed E-state index contributed by atoms with van der Waals surface area (Å²) in [6.07, 6.45) is 4.05. The predicted octanol–water partition coefficient (Wildman–Crippen LogP) is 3.33. The summed E-state index contributed by atoms with van der Waals surface area (Å²) in [5.74, 6) is 0.734. The van der Waals surface area contributed by atoms with Gasteiger partial charge in [0, 0.05) is 0 Å². The van der Waals surface area contributed by atoms with E-state index >= 15 is 0 Å². The van der Waals surface area contributed by atoms with Crippen molar-refractivity contribution in [2.75, 3.05) is 0 Å². The van der Waals surface area contributed by atoms with Gasteiger partial charge < -0.3 is 0 Å². The average Bonchev–Trinajstić information content (AvgIpc) is 2.91. The second-order valence-electron chi connectivity index (χ2n) is 4.93. The summed E-state index contributed by atoms with van der Waals surface area (Å²) in [6.45, 7) is 4.33. The molecule has 0 bridgehead atoms. The Kier molecular flexibility index (Phi) is 5.00. The quantitative estimate of drug-likeness (QED) is 0.603. The normalized spacial score (nSPS) is 12.6. The van der Waals surface area contributed by atoms with Crippen molar-refractivity contribution in [2.45, 2.75) is 25.1 Å². The molecule has 2 aromatic rings. The van der Waals surface area contributed by atoms with Crippen molar-refractivity contribution in [1.82, 2.24) is 0 Å². The first-order chi connectivity index (χ1) is 9.16. The zero-order valence-electron chi connectivity index (χ0n) is 11.2. The molecule has 0 spiro atoms. The van der Waals surface area contributed by atoms with Crippen molar-refractivity contribution < 1.29 is 9.21 Å². The number of hydrogen-bond donors (Lipinski definition) is 0. The summed E-state index contributed by atoms with van der Waals surface area (Å²) in [7, 11) is 0. The van der Waals surface area contributed by atoms with Crippen molar-refractivity contribution in [3.05, 3.63) is 54.5 Å². The summed E-state index contributed by atoms with van der Waals surface area (Å²) >= 11 is 0.167. The van der Waals surface area contributed by atoms with Gasteiger partial charge in [0.25, 0.3) is 0 Å². The molecule has 19 heavy (non-hydrogen) atoms. The molecule has 3 heteroatoms. The fraction of sp³-hybridized carbons (Fsp3) is 0.312. The van der Waals surface area contributed by atoms with Crippen LogP contribution >= 0.6 is 0 Å².